The van der Waals surface area contributed by atoms with Gasteiger partial charge in [0.05, 0.1) is 22.1 Å². The van der Waals surface area contributed by atoms with Gasteiger partial charge in [-0.1, -0.05) is 35.1 Å². The second-order valence-electron chi connectivity index (χ2n) is 10.2. The van der Waals surface area contributed by atoms with Crippen LogP contribution in [0, 0.1) is 11.8 Å². The standard InChI is InChI=1S/C28H28ClF3N4O4S/c29-23-4-2-1-3-21(23)25(37)36(16-17-5-6-17)27-34-33-24(41-27)20-8-7-19(15-22(20)28(30,31)32)40-14-13-35-11-9-18(10-12-35)26(38)39/h1-4,7-8,15,17-18H,5-6,9-14,16H2,(H,38,39). The van der Waals surface area contributed by atoms with Crippen molar-refractivity contribution in [1.82, 2.24) is 15.1 Å². The third kappa shape index (κ3) is 7.17. The number of aromatic nitrogens is 2. The minimum Gasteiger partial charge on any atom is -0.492 e. The van der Waals surface area contributed by atoms with E-state index in [4.69, 9.17) is 21.4 Å². The van der Waals surface area contributed by atoms with Crippen molar-refractivity contribution >= 4 is 39.9 Å². The minimum atomic E-state index is -4.68. The summed E-state index contributed by atoms with van der Waals surface area (Å²) < 4.78 is 48.0. The number of anilines is 1. The molecule has 5 rings (SSSR count). The highest BCUT2D eigenvalue weighted by molar-refractivity contribution is 7.18. The van der Waals surface area contributed by atoms with Crippen LogP contribution in [0.3, 0.4) is 0 Å². The maximum absolute atomic E-state index is 14.1. The number of likely N-dealkylation sites (tertiary alicyclic amines) is 1. The number of rotatable bonds is 10. The number of hydrogen-bond donors (Lipinski definition) is 1. The maximum Gasteiger partial charge on any atom is 0.417 e. The lowest BCUT2D eigenvalue weighted by Gasteiger charge is -2.29. The van der Waals surface area contributed by atoms with Gasteiger partial charge in [-0.05, 0) is 75.0 Å². The number of aliphatic carboxylic acids is 1. The van der Waals surface area contributed by atoms with Gasteiger partial charge < -0.3 is 9.84 Å². The van der Waals surface area contributed by atoms with E-state index in [1.807, 2.05) is 4.90 Å². The molecule has 1 amide bonds. The first-order valence-electron chi connectivity index (χ1n) is 13.3. The summed E-state index contributed by atoms with van der Waals surface area (Å²) in [6.07, 6.45) is -1.70. The number of carbonyl (C=O) groups is 2. The number of carbonyl (C=O) groups excluding carboxylic acids is 1. The average Bonchev–Trinajstić information content (AvgIpc) is 3.64. The van der Waals surface area contributed by atoms with Gasteiger partial charge in [-0.2, -0.15) is 13.2 Å². The fourth-order valence-corrected chi connectivity index (χ4v) is 5.86. The summed E-state index contributed by atoms with van der Waals surface area (Å²) in [5, 5.41) is 17.8. The molecule has 0 spiro atoms. The lowest BCUT2D eigenvalue weighted by molar-refractivity contribution is -0.143. The molecule has 13 heteroatoms. The van der Waals surface area contributed by atoms with Gasteiger partial charge >= 0.3 is 12.1 Å². The van der Waals surface area contributed by atoms with Crippen molar-refractivity contribution in [3.63, 3.8) is 0 Å². The monoisotopic (exact) mass is 608 g/mol. The maximum atomic E-state index is 14.1. The van der Waals surface area contributed by atoms with Crippen LogP contribution in [0.25, 0.3) is 10.6 Å². The molecule has 1 aromatic heterocycles. The van der Waals surface area contributed by atoms with Crippen LogP contribution in [0.4, 0.5) is 18.3 Å². The molecular weight excluding hydrogens is 581 g/mol. The summed E-state index contributed by atoms with van der Waals surface area (Å²) in [5.41, 5.74) is -0.776. The minimum absolute atomic E-state index is 0.0351. The van der Waals surface area contributed by atoms with Crippen LogP contribution in [0.5, 0.6) is 5.75 Å². The van der Waals surface area contributed by atoms with Crippen LogP contribution < -0.4 is 9.64 Å². The van der Waals surface area contributed by atoms with Crippen molar-refractivity contribution in [3.8, 4) is 16.3 Å². The molecule has 1 N–H and O–H groups in total. The highest BCUT2D eigenvalue weighted by Gasteiger charge is 2.36. The quantitative estimate of drug-likeness (QED) is 0.297. The second kappa shape index (κ2) is 12.3. The molecule has 1 saturated carbocycles. The Morgan fingerprint density at radius 3 is 2.49 bits per heavy atom. The van der Waals surface area contributed by atoms with Crippen molar-refractivity contribution in [1.29, 1.82) is 0 Å². The number of halogens is 4. The number of alkyl halides is 3. The zero-order valence-electron chi connectivity index (χ0n) is 21.9. The van der Waals surface area contributed by atoms with E-state index < -0.39 is 17.7 Å². The molecular formula is C28H28ClF3N4O4S. The van der Waals surface area contributed by atoms with Gasteiger partial charge in [0.2, 0.25) is 5.13 Å². The number of carboxylic acid groups (broad SMARTS) is 1. The summed E-state index contributed by atoms with van der Waals surface area (Å²) in [6.45, 7) is 2.22. The fourth-order valence-electron chi connectivity index (χ4n) is 4.75. The fraction of sp³-hybridized carbons (Fsp3) is 0.429. The molecule has 3 aromatic rings. The number of piperidine rings is 1. The molecule has 2 heterocycles. The third-order valence-electron chi connectivity index (χ3n) is 7.27. The van der Waals surface area contributed by atoms with Gasteiger partial charge in [0.15, 0.2) is 0 Å². The molecule has 0 radical (unpaired) electrons. The second-order valence-corrected chi connectivity index (χ2v) is 11.6. The first-order valence-corrected chi connectivity index (χ1v) is 14.5. The molecule has 2 aliphatic rings. The Balaban J connectivity index is 1.32. The van der Waals surface area contributed by atoms with Crippen LogP contribution in [-0.4, -0.2) is 64.9 Å². The Morgan fingerprint density at radius 1 is 1.10 bits per heavy atom. The van der Waals surface area contributed by atoms with Crippen LogP contribution in [-0.2, 0) is 11.0 Å². The van der Waals surface area contributed by atoms with E-state index in [9.17, 15) is 22.8 Å². The Bertz CT molecular complexity index is 1410. The van der Waals surface area contributed by atoms with Crippen molar-refractivity contribution in [2.24, 2.45) is 11.8 Å². The van der Waals surface area contributed by atoms with Gasteiger partial charge in [-0.25, -0.2) is 0 Å². The Morgan fingerprint density at radius 2 is 1.83 bits per heavy atom. The van der Waals surface area contributed by atoms with Crippen LogP contribution in [0.2, 0.25) is 5.02 Å². The summed E-state index contributed by atoms with van der Waals surface area (Å²) in [5.74, 6) is -1.18. The summed E-state index contributed by atoms with van der Waals surface area (Å²) in [4.78, 5) is 28.0. The molecule has 2 fully saturated rings. The molecule has 1 aliphatic carbocycles. The molecule has 0 unspecified atom stereocenters. The Labute approximate surface area is 243 Å². The lowest BCUT2D eigenvalue weighted by atomic mass is 9.97. The van der Waals surface area contributed by atoms with E-state index in [1.54, 1.807) is 24.3 Å². The van der Waals surface area contributed by atoms with Crippen LogP contribution >= 0.6 is 22.9 Å². The highest BCUT2D eigenvalue weighted by atomic mass is 35.5. The van der Waals surface area contributed by atoms with Gasteiger partial charge in [0, 0.05) is 18.7 Å². The van der Waals surface area contributed by atoms with Gasteiger partial charge in [0.1, 0.15) is 17.4 Å². The Hall–Kier alpha value is -3.22. The van der Waals surface area contributed by atoms with E-state index in [1.165, 1.54) is 17.0 Å². The molecule has 0 bridgehead atoms. The molecule has 41 heavy (non-hydrogen) atoms. The van der Waals surface area contributed by atoms with Crippen molar-refractivity contribution in [3.05, 3.63) is 58.6 Å². The molecule has 218 valence electrons. The van der Waals surface area contributed by atoms with E-state index >= 15 is 0 Å². The molecule has 0 atom stereocenters. The zero-order chi connectivity index (χ0) is 29.1. The van der Waals surface area contributed by atoms with Gasteiger partial charge in [-0.3, -0.25) is 19.4 Å². The van der Waals surface area contributed by atoms with Crippen LogP contribution in [0.15, 0.2) is 42.5 Å². The van der Waals surface area contributed by atoms with E-state index in [2.05, 4.69) is 10.2 Å². The van der Waals surface area contributed by atoms with E-state index in [0.717, 1.165) is 30.2 Å². The Kier molecular flexibility index (Phi) is 8.81. The number of benzene rings is 2. The summed E-state index contributed by atoms with van der Waals surface area (Å²) in [6, 6.07) is 10.3. The van der Waals surface area contributed by atoms with Crippen molar-refractivity contribution in [2.75, 3.05) is 37.7 Å². The molecule has 2 aromatic carbocycles. The molecule has 1 aliphatic heterocycles. The number of ether oxygens (including phenoxy) is 1. The lowest BCUT2D eigenvalue weighted by Crippen LogP contribution is -2.38. The van der Waals surface area contributed by atoms with Gasteiger partial charge in [0.25, 0.3) is 5.91 Å². The first-order chi connectivity index (χ1) is 19.6. The molecule has 8 nitrogen and oxygen atoms in total. The summed E-state index contributed by atoms with van der Waals surface area (Å²) >= 11 is 7.16. The van der Waals surface area contributed by atoms with E-state index in [-0.39, 0.29) is 50.5 Å². The highest BCUT2D eigenvalue weighted by Crippen LogP contribution is 2.42. The number of carboxylic acids is 1. The normalized spacial score (nSPS) is 16.5. The predicted molar refractivity (Wildman–Crippen MR) is 148 cm³/mol. The van der Waals surface area contributed by atoms with Gasteiger partial charge in [-0.15, -0.1) is 10.2 Å². The SMILES string of the molecule is O=C(O)C1CCN(CCOc2ccc(-c3nnc(N(CC4CC4)C(=O)c4ccccc4Cl)s3)c(C(F)(F)F)c2)CC1. The number of amides is 1. The smallest absolute Gasteiger partial charge is 0.417 e. The topological polar surface area (TPSA) is 95.9 Å². The average molecular weight is 609 g/mol. The molecule has 1 saturated heterocycles. The number of hydrogen-bond acceptors (Lipinski definition) is 7. The predicted octanol–water partition coefficient (Wildman–Crippen LogP) is 6.11. The van der Waals surface area contributed by atoms with Crippen LogP contribution in [0.1, 0.15) is 41.6 Å². The number of nitrogens with zero attached hydrogens (tertiary/aromatic N) is 4. The van der Waals surface area contributed by atoms with Crippen molar-refractivity contribution < 1.29 is 32.6 Å². The van der Waals surface area contributed by atoms with E-state index in [0.29, 0.717) is 44.9 Å². The largest absolute Gasteiger partial charge is 0.492 e. The zero-order valence-corrected chi connectivity index (χ0v) is 23.5. The summed E-state index contributed by atoms with van der Waals surface area (Å²) in [7, 11) is 0. The first kappa shape index (κ1) is 29.3. The van der Waals surface area contributed by atoms with Crippen molar-refractivity contribution in [2.45, 2.75) is 31.9 Å². The third-order valence-corrected chi connectivity index (χ3v) is 8.58.